The average Bonchev–Trinajstić information content (AvgIpc) is 3.37. The van der Waals surface area contributed by atoms with Crippen molar-refractivity contribution in [3.05, 3.63) is 36.5 Å². The average molecular weight is 334 g/mol. The van der Waals surface area contributed by atoms with E-state index in [0.717, 1.165) is 53.8 Å². The van der Waals surface area contributed by atoms with Crippen LogP contribution in [0, 0.1) is 5.92 Å². The van der Waals surface area contributed by atoms with E-state index in [1.165, 1.54) is 19.3 Å². The van der Waals surface area contributed by atoms with Gasteiger partial charge in [-0.2, -0.15) is 5.10 Å². The lowest BCUT2D eigenvalue weighted by molar-refractivity contribution is 0.416. The molecule has 4 heterocycles. The highest BCUT2D eigenvalue weighted by atomic mass is 15.2. The number of hydrogen-bond donors (Lipinski definition) is 2. The Bertz CT molecular complexity index is 884. The third-order valence-electron chi connectivity index (χ3n) is 5.21. The number of nitrogens with zero attached hydrogens (tertiary/aromatic N) is 4. The number of pyridine rings is 2. The number of H-pyrrole nitrogens is 1. The van der Waals surface area contributed by atoms with Crippen molar-refractivity contribution in [3.63, 3.8) is 0 Å². The predicted octanol–water partition coefficient (Wildman–Crippen LogP) is 2.60. The minimum Gasteiger partial charge on any atom is -0.354 e. The van der Waals surface area contributed by atoms with Crippen molar-refractivity contribution >= 4 is 16.9 Å². The molecule has 3 aromatic heterocycles. The molecular formula is C19H22N6. The number of nitrogens with one attached hydrogen (secondary N) is 2. The Morgan fingerprint density at radius 1 is 1.16 bits per heavy atom. The van der Waals surface area contributed by atoms with Crippen molar-refractivity contribution in [2.24, 2.45) is 5.92 Å². The van der Waals surface area contributed by atoms with Gasteiger partial charge in [0.15, 0.2) is 5.65 Å². The maximum atomic E-state index is 4.92. The molecule has 0 aromatic carbocycles. The first-order valence-electron chi connectivity index (χ1n) is 9.12. The summed E-state index contributed by atoms with van der Waals surface area (Å²) in [6.45, 7) is 3.07. The van der Waals surface area contributed by atoms with Crippen LogP contribution in [-0.4, -0.2) is 45.8 Å². The zero-order valence-corrected chi connectivity index (χ0v) is 14.2. The van der Waals surface area contributed by atoms with Gasteiger partial charge in [0.05, 0.1) is 11.4 Å². The van der Waals surface area contributed by atoms with Gasteiger partial charge in [-0.25, -0.2) is 9.97 Å². The Balaban J connectivity index is 1.42. The molecular weight excluding hydrogens is 312 g/mol. The maximum Gasteiger partial charge on any atom is 0.181 e. The summed E-state index contributed by atoms with van der Waals surface area (Å²) in [5.74, 6) is 1.99. The number of rotatable bonds is 4. The molecule has 2 N–H and O–H groups in total. The highest BCUT2D eigenvalue weighted by Crippen LogP contribution is 2.34. The van der Waals surface area contributed by atoms with Crippen molar-refractivity contribution in [3.8, 4) is 11.4 Å². The van der Waals surface area contributed by atoms with Gasteiger partial charge in [-0.05, 0) is 36.6 Å². The van der Waals surface area contributed by atoms with Gasteiger partial charge in [-0.15, -0.1) is 0 Å². The molecule has 0 amide bonds. The number of hydrogen-bond acceptors (Lipinski definition) is 5. The van der Waals surface area contributed by atoms with Crippen LogP contribution < -0.4 is 10.2 Å². The Morgan fingerprint density at radius 3 is 3.04 bits per heavy atom. The van der Waals surface area contributed by atoms with E-state index in [2.05, 4.69) is 37.5 Å². The van der Waals surface area contributed by atoms with Crippen molar-refractivity contribution in [2.45, 2.75) is 25.3 Å². The second kappa shape index (κ2) is 6.11. The molecule has 1 unspecified atom stereocenters. The number of piperazine rings is 1. The molecule has 128 valence electrons. The molecule has 0 radical (unpaired) electrons. The SMILES string of the molecule is c1cc(-c2[nH]nc3ncccc23)nc(N2CCNC(CC3CC3)C2)c1. The van der Waals surface area contributed by atoms with Crippen LogP contribution in [0.5, 0.6) is 0 Å². The first-order chi connectivity index (χ1) is 12.4. The molecule has 1 atom stereocenters. The summed E-state index contributed by atoms with van der Waals surface area (Å²) in [5, 5.41) is 12.1. The Hall–Kier alpha value is -2.47. The molecule has 1 saturated carbocycles. The van der Waals surface area contributed by atoms with Crippen molar-refractivity contribution in [1.82, 2.24) is 25.5 Å². The van der Waals surface area contributed by atoms with Crippen LogP contribution in [0.4, 0.5) is 5.82 Å². The maximum absolute atomic E-state index is 4.92. The van der Waals surface area contributed by atoms with E-state index >= 15 is 0 Å². The molecule has 3 aromatic rings. The first-order valence-corrected chi connectivity index (χ1v) is 9.12. The first kappa shape index (κ1) is 14.8. The molecule has 2 aliphatic rings. The van der Waals surface area contributed by atoms with Crippen LogP contribution in [0.2, 0.25) is 0 Å². The Morgan fingerprint density at radius 2 is 2.12 bits per heavy atom. The van der Waals surface area contributed by atoms with Gasteiger partial charge in [0.1, 0.15) is 5.82 Å². The van der Waals surface area contributed by atoms with E-state index in [9.17, 15) is 0 Å². The van der Waals surface area contributed by atoms with Crippen molar-refractivity contribution in [2.75, 3.05) is 24.5 Å². The van der Waals surface area contributed by atoms with Crippen LogP contribution in [0.25, 0.3) is 22.4 Å². The fourth-order valence-corrected chi connectivity index (χ4v) is 3.73. The number of aromatic nitrogens is 4. The lowest BCUT2D eigenvalue weighted by Crippen LogP contribution is -2.51. The molecule has 6 nitrogen and oxygen atoms in total. The number of anilines is 1. The van der Waals surface area contributed by atoms with Gasteiger partial charge < -0.3 is 10.2 Å². The minimum atomic E-state index is 0.587. The smallest absolute Gasteiger partial charge is 0.181 e. The monoisotopic (exact) mass is 334 g/mol. The predicted molar refractivity (Wildman–Crippen MR) is 98.5 cm³/mol. The number of aromatic amines is 1. The Kier molecular flexibility index (Phi) is 3.63. The van der Waals surface area contributed by atoms with E-state index in [1.54, 1.807) is 6.20 Å². The van der Waals surface area contributed by atoms with Crippen LogP contribution in [0.3, 0.4) is 0 Å². The molecule has 25 heavy (non-hydrogen) atoms. The minimum absolute atomic E-state index is 0.587. The number of fused-ring (bicyclic) bond motifs is 1. The topological polar surface area (TPSA) is 69.7 Å². The second-order valence-electron chi connectivity index (χ2n) is 7.13. The quantitative estimate of drug-likeness (QED) is 0.767. The van der Waals surface area contributed by atoms with Crippen LogP contribution >= 0.6 is 0 Å². The summed E-state index contributed by atoms with van der Waals surface area (Å²) in [7, 11) is 0. The molecule has 6 heteroatoms. The molecule has 1 saturated heterocycles. The standard InChI is InChI=1S/C19H22N6/c1-4-16(18-15-3-2-8-21-19(15)24-23-18)22-17(5-1)25-10-9-20-14(12-25)11-13-6-7-13/h1-5,8,13-14,20H,6-7,9-12H2,(H,21,23,24). The van der Waals surface area contributed by atoms with Gasteiger partial charge in [0.25, 0.3) is 0 Å². The van der Waals surface area contributed by atoms with Crippen LogP contribution in [-0.2, 0) is 0 Å². The Labute approximate surface area is 146 Å². The van der Waals surface area contributed by atoms with Gasteiger partial charge in [0, 0.05) is 37.3 Å². The van der Waals surface area contributed by atoms with Crippen molar-refractivity contribution in [1.29, 1.82) is 0 Å². The lowest BCUT2D eigenvalue weighted by atomic mass is 10.1. The third kappa shape index (κ3) is 2.98. The summed E-state index contributed by atoms with van der Waals surface area (Å²) < 4.78 is 0. The van der Waals surface area contributed by atoms with Crippen LogP contribution in [0.1, 0.15) is 19.3 Å². The highest BCUT2D eigenvalue weighted by molar-refractivity contribution is 5.89. The zero-order valence-electron chi connectivity index (χ0n) is 14.2. The van der Waals surface area contributed by atoms with Gasteiger partial charge in [-0.3, -0.25) is 5.10 Å². The van der Waals surface area contributed by atoms with E-state index in [-0.39, 0.29) is 0 Å². The fourth-order valence-electron chi connectivity index (χ4n) is 3.73. The molecule has 0 spiro atoms. The summed E-state index contributed by atoms with van der Waals surface area (Å²) in [6.07, 6.45) is 5.88. The fraction of sp³-hybridized carbons (Fsp3) is 0.421. The molecule has 0 bridgehead atoms. The van der Waals surface area contributed by atoms with Crippen LogP contribution in [0.15, 0.2) is 36.5 Å². The summed E-state index contributed by atoms with van der Waals surface area (Å²) in [4.78, 5) is 11.6. The summed E-state index contributed by atoms with van der Waals surface area (Å²) >= 11 is 0. The molecule has 1 aliphatic heterocycles. The lowest BCUT2D eigenvalue weighted by Gasteiger charge is -2.34. The van der Waals surface area contributed by atoms with Gasteiger partial charge >= 0.3 is 0 Å². The molecule has 5 rings (SSSR count). The highest BCUT2D eigenvalue weighted by Gasteiger charge is 2.28. The van der Waals surface area contributed by atoms with E-state index < -0.39 is 0 Å². The van der Waals surface area contributed by atoms with Gasteiger partial charge in [0.2, 0.25) is 0 Å². The van der Waals surface area contributed by atoms with Gasteiger partial charge in [-0.1, -0.05) is 18.9 Å². The summed E-state index contributed by atoms with van der Waals surface area (Å²) in [5.41, 5.74) is 2.59. The molecule has 1 aliphatic carbocycles. The van der Waals surface area contributed by atoms with E-state index in [0.29, 0.717) is 6.04 Å². The second-order valence-corrected chi connectivity index (χ2v) is 7.13. The van der Waals surface area contributed by atoms with E-state index in [1.807, 2.05) is 18.2 Å². The summed E-state index contributed by atoms with van der Waals surface area (Å²) in [6, 6.07) is 10.8. The van der Waals surface area contributed by atoms with Crippen molar-refractivity contribution < 1.29 is 0 Å². The third-order valence-corrected chi connectivity index (χ3v) is 5.21. The molecule has 2 fully saturated rings. The normalized spacial score (nSPS) is 21.0. The largest absolute Gasteiger partial charge is 0.354 e. The zero-order chi connectivity index (χ0) is 16.6. The van der Waals surface area contributed by atoms with E-state index in [4.69, 9.17) is 4.98 Å².